The summed E-state index contributed by atoms with van der Waals surface area (Å²) < 4.78 is 21.0. The van der Waals surface area contributed by atoms with Crippen LogP contribution in [0.4, 0.5) is 5.69 Å². The zero-order valence-corrected chi connectivity index (χ0v) is 23.3. The number of aromatic nitrogens is 3. The van der Waals surface area contributed by atoms with Gasteiger partial charge in [-0.15, -0.1) is 0 Å². The number of anilines is 1. The molecule has 2 aromatic carbocycles. The molecule has 40 heavy (non-hydrogen) atoms. The lowest BCUT2D eigenvalue weighted by Crippen LogP contribution is -2.64. The van der Waals surface area contributed by atoms with Crippen LogP contribution in [0.15, 0.2) is 60.8 Å². The van der Waals surface area contributed by atoms with Gasteiger partial charge in [0.1, 0.15) is 11.5 Å². The zero-order chi connectivity index (χ0) is 26.8. The van der Waals surface area contributed by atoms with E-state index in [9.17, 15) is 0 Å². The number of nitrogens with zero attached hydrogens (tertiary/aromatic N) is 5. The van der Waals surface area contributed by atoms with E-state index < -0.39 is 5.79 Å². The Labute approximate surface area is 238 Å². The number of fused-ring (bicyclic) bond motifs is 3. The van der Waals surface area contributed by atoms with Crippen LogP contribution in [0.3, 0.4) is 0 Å². The lowest BCUT2D eigenvalue weighted by atomic mass is 9.81. The minimum atomic E-state index is -0.993. The number of pyridine rings is 1. The molecule has 9 heteroatoms. The number of benzene rings is 2. The molecule has 3 aliphatic heterocycles. The summed E-state index contributed by atoms with van der Waals surface area (Å²) >= 11 is 6.07. The van der Waals surface area contributed by atoms with E-state index in [1.165, 1.54) is 11.9 Å². The third-order valence-corrected chi connectivity index (χ3v) is 9.24. The van der Waals surface area contributed by atoms with E-state index in [1.807, 2.05) is 25.1 Å². The first-order chi connectivity index (χ1) is 19.6. The molecule has 0 radical (unpaired) electrons. The van der Waals surface area contributed by atoms with Gasteiger partial charge in [-0.25, -0.2) is 4.98 Å². The number of hydrogen-bond acceptors (Lipinski definition) is 7. The molecule has 1 aliphatic carbocycles. The quantitative estimate of drug-likeness (QED) is 0.316. The Morgan fingerprint density at radius 3 is 2.62 bits per heavy atom. The van der Waals surface area contributed by atoms with Gasteiger partial charge in [-0.3, -0.25) is 9.88 Å². The van der Waals surface area contributed by atoms with Gasteiger partial charge in [0.25, 0.3) is 5.79 Å². The minimum absolute atomic E-state index is 0.292. The number of rotatable bonds is 6. The normalized spacial score (nSPS) is 27.4. The third kappa shape index (κ3) is 3.96. The molecule has 0 amide bonds. The maximum absolute atomic E-state index is 6.53. The molecule has 4 atom stereocenters. The Hall–Kier alpha value is -3.33. The fourth-order valence-corrected chi connectivity index (χ4v) is 6.78. The Kier molecular flexibility index (Phi) is 5.73. The molecule has 206 valence electrons. The van der Waals surface area contributed by atoms with Gasteiger partial charge in [-0.05, 0) is 55.7 Å². The topological polar surface area (TPSA) is 64.9 Å². The second-order valence-electron chi connectivity index (χ2n) is 11.4. The summed E-state index contributed by atoms with van der Waals surface area (Å²) in [5.41, 5.74) is 4.06. The highest BCUT2D eigenvalue weighted by Crippen LogP contribution is 2.51. The van der Waals surface area contributed by atoms with Crippen molar-refractivity contribution >= 4 is 28.3 Å². The van der Waals surface area contributed by atoms with Crippen molar-refractivity contribution in [3.8, 4) is 11.5 Å². The Morgan fingerprint density at radius 2 is 1.85 bits per heavy atom. The van der Waals surface area contributed by atoms with Crippen LogP contribution in [-0.2, 0) is 23.6 Å². The van der Waals surface area contributed by atoms with Crippen molar-refractivity contribution in [3.05, 3.63) is 77.3 Å². The van der Waals surface area contributed by atoms with Gasteiger partial charge in [0.2, 0.25) is 0 Å². The van der Waals surface area contributed by atoms with Gasteiger partial charge in [-0.1, -0.05) is 29.8 Å². The van der Waals surface area contributed by atoms with Gasteiger partial charge in [0, 0.05) is 44.9 Å². The first-order valence-electron chi connectivity index (χ1n) is 14.3. The summed E-state index contributed by atoms with van der Waals surface area (Å²) in [5.74, 6) is 1.69. The van der Waals surface area contributed by atoms with E-state index in [1.54, 1.807) is 6.20 Å². The average Bonchev–Trinajstić information content (AvgIpc) is 3.44. The second kappa shape index (κ2) is 9.36. The molecule has 2 saturated heterocycles. The molecule has 8 nitrogen and oxygen atoms in total. The molecule has 8 rings (SSSR count). The van der Waals surface area contributed by atoms with Crippen LogP contribution >= 0.6 is 11.6 Å². The summed E-state index contributed by atoms with van der Waals surface area (Å²) in [6, 6.07) is 19.2. The number of ether oxygens (including phenoxy) is 3. The van der Waals surface area contributed by atoms with Crippen molar-refractivity contribution < 1.29 is 14.2 Å². The smallest absolute Gasteiger partial charge is 0.292 e. The van der Waals surface area contributed by atoms with Crippen LogP contribution in [0.2, 0.25) is 5.02 Å². The van der Waals surface area contributed by atoms with Crippen LogP contribution in [0, 0.1) is 0 Å². The van der Waals surface area contributed by atoms with Gasteiger partial charge < -0.3 is 23.7 Å². The molecule has 3 fully saturated rings. The highest BCUT2D eigenvalue weighted by atomic mass is 35.5. The maximum Gasteiger partial charge on any atom is 0.292 e. The van der Waals surface area contributed by atoms with Crippen molar-refractivity contribution in [2.24, 2.45) is 0 Å². The van der Waals surface area contributed by atoms with Crippen molar-refractivity contribution in [1.82, 2.24) is 19.4 Å². The highest BCUT2D eigenvalue weighted by Gasteiger charge is 2.47. The SMILES string of the molecule is CC1(c2ccc(Cl)cn2)Oc2cccc(N3CCN(Cc4nc5ccccc5n4C[C@@H]4CCO4)[C@@H]4CC[C@@H]43)c2O1. The lowest BCUT2D eigenvalue weighted by molar-refractivity contribution is -0.0717. The number of piperazine rings is 1. The monoisotopic (exact) mass is 557 g/mol. The van der Waals surface area contributed by atoms with E-state index >= 15 is 0 Å². The molecular formula is C31H32ClN5O3. The summed E-state index contributed by atoms with van der Waals surface area (Å²) in [6.07, 6.45) is 5.39. The minimum Gasteiger partial charge on any atom is -0.443 e. The highest BCUT2D eigenvalue weighted by molar-refractivity contribution is 6.30. The van der Waals surface area contributed by atoms with Gasteiger partial charge in [-0.2, -0.15) is 0 Å². The fourth-order valence-electron chi connectivity index (χ4n) is 6.67. The van der Waals surface area contributed by atoms with Gasteiger partial charge in [0.15, 0.2) is 11.5 Å². The Morgan fingerprint density at radius 1 is 0.975 bits per heavy atom. The summed E-state index contributed by atoms with van der Waals surface area (Å²) in [4.78, 5) is 14.7. The predicted octanol–water partition coefficient (Wildman–Crippen LogP) is 5.37. The number of para-hydroxylation sites is 3. The molecule has 1 unspecified atom stereocenters. The fraction of sp³-hybridized carbons (Fsp3) is 0.419. The van der Waals surface area contributed by atoms with Crippen molar-refractivity contribution in [2.45, 2.75) is 63.3 Å². The molecule has 2 aromatic heterocycles. The first kappa shape index (κ1) is 24.5. The molecule has 1 saturated carbocycles. The van der Waals surface area contributed by atoms with Crippen molar-refractivity contribution in [1.29, 1.82) is 0 Å². The largest absolute Gasteiger partial charge is 0.443 e. The van der Waals surface area contributed by atoms with Crippen LogP contribution in [0.5, 0.6) is 11.5 Å². The van der Waals surface area contributed by atoms with E-state index in [0.717, 1.165) is 74.2 Å². The van der Waals surface area contributed by atoms with Crippen LogP contribution in [0.1, 0.15) is 37.7 Å². The van der Waals surface area contributed by atoms with Crippen LogP contribution in [-0.4, -0.2) is 57.3 Å². The molecular weight excluding hydrogens is 526 g/mol. The number of hydrogen-bond donors (Lipinski definition) is 0. The Bertz CT molecular complexity index is 1570. The maximum atomic E-state index is 6.53. The Balaban J connectivity index is 1.04. The van der Waals surface area contributed by atoms with E-state index in [-0.39, 0.29) is 0 Å². The van der Waals surface area contributed by atoms with Gasteiger partial charge in [0.05, 0.1) is 40.9 Å². The summed E-state index contributed by atoms with van der Waals surface area (Å²) in [7, 11) is 0. The first-order valence-corrected chi connectivity index (χ1v) is 14.6. The number of halogens is 1. The summed E-state index contributed by atoms with van der Waals surface area (Å²) in [6.45, 7) is 6.39. The van der Waals surface area contributed by atoms with Crippen LogP contribution < -0.4 is 14.4 Å². The van der Waals surface area contributed by atoms with E-state index in [2.05, 4.69) is 55.7 Å². The van der Waals surface area contributed by atoms with E-state index in [4.69, 9.17) is 30.8 Å². The standard InChI is InChI=1S/C31H32ClN5O3/c1-31(28-12-9-20(32)17-33-28)39-27-8-4-7-26(30(27)40-31)36-15-14-35(24-10-11-25(24)36)19-29-34-22-5-2-3-6-23(22)37(29)18-21-13-16-38-21/h2-9,12,17,21,24-25H,10-11,13-16,18-19H2,1H3/t21-,24+,25-,31?/m0/s1. The molecule has 0 bridgehead atoms. The van der Waals surface area contributed by atoms with Crippen LogP contribution in [0.25, 0.3) is 11.0 Å². The third-order valence-electron chi connectivity index (χ3n) is 9.02. The molecule has 0 spiro atoms. The average molecular weight is 558 g/mol. The van der Waals surface area contributed by atoms with Crippen molar-refractivity contribution in [3.63, 3.8) is 0 Å². The lowest BCUT2D eigenvalue weighted by Gasteiger charge is -2.54. The predicted molar refractivity (Wildman–Crippen MR) is 153 cm³/mol. The van der Waals surface area contributed by atoms with Gasteiger partial charge >= 0.3 is 0 Å². The zero-order valence-electron chi connectivity index (χ0n) is 22.5. The molecule has 4 aromatic rings. The van der Waals surface area contributed by atoms with E-state index in [0.29, 0.717) is 28.9 Å². The summed E-state index contributed by atoms with van der Waals surface area (Å²) in [5, 5.41) is 0.587. The molecule has 5 heterocycles. The molecule has 4 aliphatic rings. The number of imidazole rings is 1. The second-order valence-corrected chi connectivity index (χ2v) is 11.8. The molecule has 0 N–H and O–H groups in total. The van der Waals surface area contributed by atoms with Crippen molar-refractivity contribution in [2.75, 3.05) is 24.6 Å².